The molecular weight excluding hydrogens is 324 g/mol. The summed E-state index contributed by atoms with van der Waals surface area (Å²) in [5, 5.41) is 0. The molecule has 146 valence electrons. The summed E-state index contributed by atoms with van der Waals surface area (Å²) in [7, 11) is 0. The van der Waals surface area contributed by atoms with Crippen molar-refractivity contribution >= 4 is 11.8 Å². The quantitative estimate of drug-likeness (QED) is 0.703. The summed E-state index contributed by atoms with van der Waals surface area (Å²) < 4.78 is 0. The minimum absolute atomic E-state index is 0.00199. The molecule has 0 atom stereocenters. The second-order valence-electron chi connectivity index (χ2n) is 7.99. The summed E-state index contributed by atoms with van der Waals surface area (Å²) >= 11 is 0. The third-order valence-corrected chi connectivity index (χ3v) is 4.68. The maximum atomic E-state index is 13.2. The molecule has 4 heteroatoms. The molecule has 0 unspecified atom stereocenters. The summed E-state index contributed by atoms with van der Waals surface area (Å²) in [4.78, 5) is 30.2. The van der Waals surface area contributed by atoms with Crippen molar-refractivity contribution in [3.63, 3.8) is 0 Å². The van der Waals surface area contributed by atoms with Gasteiger partial charge in [0, 0.05) is 35.3 Å². The van der Waals surface area contributed by atoms with Crippen molar-refractivity contribution in [3.05, 3.63) is 34.9 Å². The van der Waals surface area contributed by atoms with Crippen molar-refractivity contribution in [1.29, 1.82) is 0 Å². The van der Waals surface area contributed by atoms with Gasteiger partial charge in [-0.25, -0.2) is 0 Å². The van der Waals surface area contributed by atoms with Gasteiger partial charge in [-0.2, -0.15) is 0 Å². The van der Waals surface area contributed by atoms with Crippen LogP contribution < -0.4 is 0 Å². The Bertz CT molecular complexity index is 567. The lowest BCUT2D eigenvalue weighted by molar-refractivity contribution is 0.0641. The van der Waals surface area contributed by atoms with Crippen molar-refractivity contribution in [2.45, 2.75) is 92.9 Å². The fraction of sp³-hybridized carbons (Fsp3) is 0.636. The van der Waals surface area contributed by atoms with Crippen molar-refractivity contribution in [2.75, 3.05) is 0 Å². The number of nitrogens with zero attached hydrogens (tertiary/aromatic N) is 2. The van der Waals surface area contributed by atoms with Crippen molar-refractivity contribution in [1.82, 2.24) is 9.80 Å². The predicted octanol–water partition coefficient (Wildman–Crippen LogP) is 4.77. The van der Waals surface area contributed by atoms with Gasteiger partial charge in [0.1, 0.15) is 0 Å². The zero-order valence-electron chi connectivity index (χ0n) is 18.0. The molecule has 0 fully saturated rings. The average Bonchev–Trinajstić information content (AvgIpc) is 2.52. The zero-order valence-corrected chi connectivity index (χ0v) is 18.0. The van der Waals surface area contributed by atoms with E-state index in [2.05, 4.69) is 0 Å². The van der Waals surface area contributed by atoms with Crippen LogP contribution in [0, 0.1) is 0 Å². The molecule has 0 N–H and O–H groups in total. The summed E-state index contributed by atoms with van der Waals surface area (Å²) in [5.74, 6) is 0.00397. The fourth-order valence-electron chi connectivity index (χ4n) is 3.78. The van der Waals surface area contributed by atoms with Crippen LogP contribution >= 0.6 is 0 Å². The second kappa shape index (κ2) is 9.20. The highest BCUT2D eigenvalue weighted by molar-refractivity contribution is 6.02. The molecule has 0 radical (unpaired) electrons. The van der Waals surface area contributed by atoms with Crippen LogP contribution in [0.2, 0.25) is 0 Å². The van der Waals surface area contributed by atoms with Gasteiger partial charge >= 0.3 is 0 Å². The molecule has 1 aromatic carbocycles. The van der Waals surface area contributed by atoms with E-state index in [1.807, 2.05) is 90.3 Å². The van der Waals surface area contributed by atoms with Gasteiger partial charge in [0.25, 0.3) is 11.8 Å². The largest absolute Gasteiger partial charge is 0.334 e. The molecule has 0 heterocycles. The Balaban J connectivity index is 3.46. The Morgan fingerprint density at radius 2 is 1.04 bits per heavy atom. The van der Waals surface area contributed by atoms with Crippen LogP contribution in [0.1, 0.15) is 88.6 Å². The molecule has 0 aliphatic rings. The first kappa shape index (κ1) is 22.2. The van der Waals surface area contributed by atoms with Crippen LogP contribution in [0.4, 0.5) is 0 Å². The van der Waals surface area contributed by atoms with E-state index in [1.54, 1.807) is 0 Å². The summed E-state index contributed by atoms with van der Waals surface area (Å²) in [6.07, 6.45) is 0.650. The first-order valence-electron chi connectivity index (χ1n) is 9.81. The molecule has 1 rings (SSSR count). The molecule has 0 aliphatic heterocycles. The summed E-state index contributed by atoms with van der Waals surface area (Å²) in [5.41, 5.74) is 2.14. The van der Waals surface area contributed by atoms with Crippen LogP contribution in [0.5, 0.6) is 0 Å². The van der Waals surface area contributed by atoms with E-state index in [0.717, 1.165) is 5.56 Å². The number of benzene rings is 1. The molecule has 1 aromatic rings. The lowest BCUT2D eigenvalue weighted by Crippen LogP contribution is -2.44. The first-order valence-corrected chi connectivity index (χ1v) is 9.81. The van der Waals surface area contributed by atoms with Gasteiger partial charge in [-0.15, -0.1) is 0 Å². The van der Waals surface area contributed by atoms with Crippen LogP contribution in [0.15, 0.2) is 18.2 Å². The van der Waals surface area contributed by atoms with Crippen LogP contribution in [-0.4, -0.2) is 45.8 Å². The van der Waals surface area contributed by atoms with Gasteiger partial charge in [0.05, 0.1) is 0 Å². The monoisotopic (exact) mass is 360 g/mol. The van der Waals surface area contributed by atoms with E-state index < -0.39 is 0 Å². The average molecular weight is 361 g/mol. The Labute approximate surface area is 159 Å². The van der Waals surface area contributed by atoms with E-state index in [1.165, 1.54) is 0 Å². The number of carbonyl (C=O) groups is 2. The van der Waals surface area contributed by atoms with Crippen molar-refractivity contribution in [2.24, 2.45) is 0 Å². The van der Waals surface area contributed by atoms with E-state index in [9.17, 15) is 9.59 Å². The Kier molecular flexibility index (Phi) is 7.86. The van der Waals surface area contributed by atoms with E-state index in [4.69, 9.17) is 0 Å². The predicted molar refractivity (Wildman–Crippen MR) is 109 cm³/mol. The maximum Gasteiger partial charge on any atom is 0.254 e. The molecule has 0 aliphatic carbocycles. The van der Waals surface area contributed by atoms with E-state index in [0.29, 0.717) is 17.5 Å². The standard InChI is InChI=1S/C22H36N2O2/c1-10-18-19(21(25)23(14(2)3)15(4)5)12-11-13-20(18)22(26)24(16(6)7)17(8)9/h11-17H,10H2,1-9H3. The number of carbonyl (C=O) groups excluding carboxylic acids is 2. The van der Waals surface area contributed by atoms with Gasteiger partial charge in [0.2, 0.25) is 0 Å². The minimum Gasteiger partial charge on any atom is -0.334 e. The third kappa shape index (κ3) is 4.66. The Morgan fingerprint density at radius 1 is 0.731 bits per heavy atom. The van der Waals surface area contributed by atoms with Crippen LogP contribution in [-0.2, 0) is 6.42 Å². The van der Waals surface area contributed by atoms with Crippen molar-refractivity contribution in [3.8, 4) is 0 Å². The minimum atomic E-state index is 0.00199. The summed E-state index contributed by atoms with van der Waals surface area (Å²) in [6.45, 7) is 18.2. The molecule has 0 bridgehead atoms. The van der Waals surface area contributed by atoms with E-state index >= 15 is 0 Å². The second-order valence-corrected chi connectivity index (χ2v) is 7.99. The molecule has 26 heavy (non-hydrogen) atoms. The smallest absolute Gasteiger partial charge is 0.254 e. The molecular formula is C22H36N2O2. The fourth-order valence-corrected chi connectivity index (χ4v) is 3.78. The molecule has 4 nitrogen and oxygen atoms in total. The number of hydrogen-bond donors (Lipinski definition) is 0. The topological polar surface area (TPSA) is 40.6 Å². The van der Waals surface area contributed by atoms with Gasteiger partial charge in [-0.05, 0) is 79.5 Å². The van der Waals surface area contributed by atoms with Gasteiger partial charge < -0.3 is 9.80 Å². The van der Waals surface area contributed by atoms with Crippen LogP contribution in [0.3, 0.4) is 0 Å². The molecule has 0 aromatic heterocycles. The molecule has 0 spiro atoms. The van der Waals surface area contributed by atoms with Gasteiger partial charge in [0.15, 0.2) is 0 Å². The highest BCUT2D eigenvalue weighted by Gasteiger charge is 2.28. The number of hydrogen-bond acceptors (Lipinski definition) is 2. The lowest BCUT2D eigenvalue weighted by atomic mass is 9.95. The molecule has 2 amide bonds. The molecule has 0 saturated carbocycles. The third-order valence-electron chi connectivity index (χ3n) is 4.68. The SMILES string of the molecule is CCc1c(C(=O)N(C(C)C)C(C)C)cccc1C(=O)N(C(C)C)C(C)C. The highest BCUT2D eigenvalue weighted by Crippen LogP contribution is 2.23. The maximum absolute atomic E-state index is 13.2. The highest BCUT2D eigenvalue weighted by atomic mass is 16.2. The Hall–Kier alpha value is -1.84. The Morgan fingerprint density at radius 3 is 1.27 bits per heavy atom. The molecule has 0 saturated heterocycles. The van der Waals surface area contributed by atoms with Crippen molar-refractivity contribution < 1.29 is 9.59 Å². The number of amides is 2. The van der Waals surface area contributed by atoms with E-state index in [-0.39, 0.29) is 36.0 Å². The number of rotatable bonds is 7. The normalized spacial score (nSPS) is 11.6. The van der Waals surface area contributed by atoms with Gasteiger partial charge in [-0.1, -0.05) is 13.0 Å². The summed E-state index contributed by atoms with van der Waals surface area (Å²) in [6, 6.07) is 5.96. The first-order chi connectivity index (χ1) is 12.0. The lowest BCUT2D eigenvalue weighted by Gasteiger charge is -2.33. The van der Waals surface area contributed by atoms with Crippen LogP contribution in [0.25, 0.3) is 0 Å². The van der Waals surface area contributed by atoms with Gasteiger partial charge in [-0.3, -0.25) is 9.59 Å². The zero-order chi connectivity index (χ0) is 20.2.